The van der Waals surface area contributed by atoms with Crippen LogP contribution in [0.4, 0.5) is 0 Å². The summed E-state index contributed by atoms with van der Waals surface area (Å²) in [4.78, 5) is 34.9. The van der Waals surface area contributed by atoms with Crippen molar-refractivity contribution in [2.75, 3.05) is 13.7 Å². The second-order valence-corrected chi connectivity index (χ2v) is 5.83. The Hall–Kier alpha value is -2.41. The number of likely N-dealkylation sites (N-methyl/N-ethyl adjacent to an activating group) is 1. The molecule has 0 bridgehead atoms. The zero-order chi connectivity index (χ0) is 17.6. The lowest BCUT2D eigenvalue weighted by molar-refractivity contribution is -0.155. The zero-order valence-electron chi connectivity index (χ0n) is 13.6. The number of nitrogens with one attached hydrogen (secondary N) is 1. The molecule has 0 amide bonds. The number of rotatable bonds is 7. The molecule has 1 aromatic carbocycles. The van der Waals surface area contributed by atoms with E-state index in [1.54, 1.807) is 20.8 Å². The van der Waals surface area contributed by atoms with Crippen LogP contribution in [0, 0.1) is 0 Å². The monoisotopic (exact) mass is 323 g/mol. The van der Waals surface area contributed by atoms with Crippen molar-refractivity contribution in [3.8, 4) is 5.75 Å². The molecule has 0 spiro atoms. The Morgan fingerprint density at radius 2 is 1.74 bits per heavy atom. The maximum atomic E-state index is 12.4. The van der Waals surface area contributed by atoms with E-state index in [1.807, 2.05) is 0 Å². The van der Waals surface area contributed by atoms with Crippen LogP contribution in [0.15, 0.2) is 24.3 Å². The van der Waals surface area contributed by atoms with Gasteiger partial charge in [0.15, 0.2) is 18.4 Å². The largest absolute Gasteiger partial charge is 0.482 e. The Morgan fingerprint density at radius 1 is 1.17 bits per heavy atom. The lowest BCUT2D eigenvalue weighted by Crippen LogP contribution is -2.45. The normalized spacial score (nSPS) is 12.3. The third-order valence-corrected chi connectivity index (χ3v) is 2.69. The molecule has 1 rings (SSSR count). The Balaban J connectivity index is 2.81. The smallest absolute Gasteiger partial charge is 0.341 e. The van der Waals surface area contributed by atoms with Gasteiger partial charge in [0.05, 0.1) is 0 Å². The van der Waals surface area contributed by atoms with Crippen molar-refractivity contribution in [2.45, 2.75) is 32.4 Å². The number of ketones is 1. The van der Waals surface area contributed by atoms with E-state index in [1.165, 1.54) is 31.3 Å². The Bertz CT molecular complexity index is 573. The van der Waals surface area contributed by atoms with E-state index in [2.05, 4.69) is 5.32 Å². The van der Waals surface area contributed by atoms with Crippen molar-refractivity contribution in [1.29, 1.82) is 0 Å². The van der Waals surface area contributed by atoms with Crippen molar-refractivity contribution in [2.24, 2.45) is 0 Å². The highest BCUT2D eigenvalue weighted by molar-refractivity contribution is 6.12. The van der Waals surface area contributed by atoms with Crippen LogP contribution in [-0.2, 0) is 14.3 Å². The molecule has 0 heterocycles. The number of esters is 1. The molecule has 0 aliphatic heterocycles. The minimum absolute atomic E-state index is 0.290. The molecule has 0 fully saturated rings. The molecule has 23 heavy (non-hydrogen) atoms. The van der Waals surface area contributed by atoms with Crippen molar-refractivity contribution in [3.63, 3.8) is 0 Å². The van der Waals surface area contributed by atoms with Crippen LogP contribution in [0.3, 0.4) is 0 Å². The topological polar surface area (TPSA) is 102 Å². The summed E-state index contributed by atoms with van der Waals surface area (Å²) in [7, 11) is 1.50. The molecule has 0 saturated carbocycles. The second-order valence-electron chi connectivity index (χ2n) is 5.83. The number of benzene rings is 1. The summed E-state index contributed by atoms with van der Waals surface area (Å²) in [6.45, 7) is 4.69. The van der Waals surface area contributed by atoms with E-state index >= 15 is 0 Å². The number of carbonyl (C=O) groups is 3. The van der Waals surface area contributed by atoms with E-state index < -0.39 is 36.0 Å². The van der Waals surface area contributed by atoms with Crippen LogP contribution in [-0.4, -0.2) is 48.1 Å². The Morgan fingerprint density at radius 3 is 2.17 bits per heavy atom. The maximum absolute atomic E-state index is 12.4. The second kappa shape index (κ2) is 7.73. The molecule has 7 heteroatoms. The Labute approximate surface area is 134 Å². The molecule has 2 N–H and O–H groups in total. The van der Waals surface area contributed by atoms with Crippen LogP contribution < -0.4 is 10.1 Å². The number of ether oxygens (including phenoxy) is 2. The molecule has 0 aromatic heterocycles. The predicted molar refractivity (Wildman–Crippen MR) is 82.6 cm³/mol. The average molecular weight is 323 g/mol. The van der Waals surface area contributed by atoms with Gasteiger partial charge >= 0.3 is 11.9 Å². The average Bonchev–Trinajstić information content (AvgIpc) is 2.44. The minimum atomic E-state index is -1.11. The highest BCUT2D eigenvalue weighted by atomic mass is 16.6. The van der Waals surface area contributed by atoms with E-state index in [-0.39, 0.29) is 5.56 Å². The highest BCUT2D eigenvalue weighted by Gasteiger charge is 2.30. The highest BCUT2D eigenvalue weighted by Crippen LogP contribution is 2.15. The molecular formula is C16H21NO6. The number of hydrogen-bond acceptors (Lipinski definition) is 6. The van der Waals surface area contributed by atoms with Gasteiger partial charge in [0.2, 0.25) is 0 Å². The molecule has 1 unspecified atom stereocenters. The van der Waals surface area contributed by atoms with Gasteiger partial charge < -0.3 is 19.9 Å². The molecule has 1 atom stereocenters. The summed E-state index contributed by atoms with van der Waals surface area (Å²) >= 11 is 0. The van der Waals surface area contributed by atoms with Gasteiger partial charge in [0, 0.05) is 5.56 Å². The lowest BCUT2D eigenvalue weighted by Gasteiger charge is -2.23. The van der Waals surface area contributed by atoms with Crippen LogP contribution in [0.1, 0.15) is 31.1 Å². The summed E-state index contributed by atoms with van der Waals surface area (Å²) < 4.78 is 10.2. The van der Waals surface area contributed by atoms with Gasteiger partial charge in [-0.25, -0.2) is 9.59 Å². The summed E-state index contributed by atoms with van der Waals surface area (Å²) in [5.74, 6) is -1.87. The van der Waals surface area contributed by atoms with Crippen LogP contribution in [0.5, 0.6) is 5.75 Å². The summed E-state index contributed by atoms with van der Waals surface area (Å²) in [6, 6.07) is 4.76. The first kappa shape index (κ1) is 18.6. The number of hydrogen-bond donors (Lipinski definition) is 2. The molecule has 7 nitrogen and oxygen atoms in total. The number of carboxylic acid groups (broad SMARTS) is 1. The third kappa shape index (κ3) is 6.07. The fourth-order valence-corrected chi connectivity index (χ4v) is 1.74. The molecular weight excluding hydrogens is 302 g/mol. The van der Waals surface area contributed by atoms with E-state index in [9.17, 15) is 14.4 Å². The van der Waals surface area contributed by atoms with Crippen molar-refractivity contribution in [1.82, 2.24) is 5.32 Å². The number of aliphatic carboxylic acids is 1. The molecule has 0 aliphatic rings. The summed E-state index contributed by atoms with van der Waals surface area (Å²) in [5.41, 5.74) is -0.404. The summed E-state index contributed by atoms with van der Waals surface area (Å²) in [5, 5.41) is 11.2. The molecule has 126 valence electrons. The van der Waals surface area contributed by atoms with Gasteiger partial charge in [-0.05, 0) is 52.1 Å². The fourth-order valence-electron chi connectivity index (χ4n) is 1.74. The van der Waals surface area contributed by atoms with Gasteiger partial charge in [-0.15, -0.1) is 0 Å². The van der Waals surface area contributed by atoms with Gasteiger partial charge in [-0.2, -0.15) is 0 Å². The van der Waals surface area contributed by atoms with Gasteiger partial charge in [-0.3, -0.25) is 4.79 Å². The summed E-state index contributed by atoms with van der Waals surface area (Å²) in [6.07, 6.45) is 0. The Kier molecular flexibility index (Phi) is 6.27. The molecule has 0 aliphatic carbocycles. The van der Waals surface area contributed by atoms with E-state index in [0.717, 1.165) is 0 Å². The minimum Gasteiger partial charge on any atom is -0.482 e. The lowest BCUT2D eigenvalue weighted by atomic mass is 10.0. The van der Waals surface area contributed by atoms with Gasteiger partial charge in [0.1, 0.15) is 11.4 Å². The molecule has 0 saturated heterocycles. The quantitative estimate of drug-likeness (QED) is 0.442. The van der Waals surface area contributed by atoms with E-state index in [0.29, 0.717) is 5.75 Å². The number of Topliss-reactive ketones (excluding diaryl/α,β-unsaturated/α-hetero) is 1. The number of carboxylic acids is 1. The van der Waals surface area contributed by atoms with Gasteiger partial charge in [0.25, 0.3) is 0 Å². The zero-order valence-corrected chi connectivity index (χ0v) is 13.6. The van der Waals surface area contributed by atoms with E-state index in [4.69, 9.17) is 14.6 Å². The first-order chi connectivity index (χ1) is 10.6. The maximum Gasteiger partial charge on any atom is 0.341 e. The first-order valence-corrected chi connectivity index (χ1v) is 7.03. The van der Waals surface area contributed by atoms with Crippen LogP contribution in [0.25, 0.3) is 0 Å². The standard InChI is InChI=1S/C16H21NO6/c1-16(2,3)23-15(21)13(17-4)14(20)10-5-7-11(8-6-10)22-9-12(18)19/h5-8,13,17H,9H2,1-4H3,(H,18,19). The van der Waals surface area contributed by atoms with Crippen molar-refractivity contribution >= 4 is 17.7 Å². The first-order valence-electron chi connectivity index (χ1n) is 7.03. The molecule has 0 radical (unpaired) electrons. The van der Waals surface area contributed by atoms with Crippen molar-refractivity contribution < 1.29 is 29.0 Å². The molecule has 1 aromatic rings. The predicted octanol–water partition coefficient (Wildman–Crippen LogP) is 1.26. The SMILES string of the molecule is CNC(C(=O)OC(C)(C)C)C(=O)c1ccc(OCC(=O)O)cc1. The number of carbonyl (C=O) groups excluding carboxylic acids is 2. The van der Waals surface area contributed by atoms with Crippen LogP contribution in [0.2, 0.25) is 0 Å². The third-order valence-electron chi connectivity index (χ3n) is 2.69. The van der Waals surface area contributed by atoms with Crippen LogP contribution >= 0.6 is 0 Å². The van der Waals surface area contributed by atoms with Gasteiger partial charge in [-0.1, -0.05) is 0 Å². The van der Waals surface area contributed by atoms with Crippen molar-refractivity contribution in [3.05, 3.63) is 29.8 Å². The fraction of sp³-hybridized carbons (Fsp3) is 0.438.